The van der Waals surface area contributed by atoms with Crippen LogP contribution in [0, 0.1) is 6.92 Å². The van der Waals surface area contributed by atoms with Crippen LogP contribution >= 0.6 is 23.8 Å². The smallest absolute Gasteiger partial charge is 0.122 e. The lowest BCUT2D eigenvalue weighted by atomic mass is 10.2. The first-order valence-electron chi connectivity index (χ1n) is 5.00. The number of pyridine rings is 1. The molecule has 0 bridgehead atoms. The maximum atomic E-state index is 5.94. The van der Waals surface area contributed by atoms with Gasteiger partial charge in [0.05, 0.1) is 23.0 Å². The van der Waals surface area contributed by atoms with Crippen molar-refractivity contribution in [3.8, 4) is 0 Å². The number of aromatic nitrogens is 3. The molecular weight excluding hydrogens is 256 g/mol. The Morgan fingerprint density at radius 2 is 2.35 bits per heavy atom. The molecule has 0 unspecified atom stereocenters. The average molecular weight is 267 g/mol. The van der Waals surface area contributed by atoms with Gasteiger partial charge in [-0.05, 0) is 24.6 Å². The molecule has 0 spiro atoms. The van der Waals surface area contributed by atoms with Crippen LogP contribution in [0.5, 0.6) is 0 Å². The molecule has 2 aromatic rings. The number of hydrogen-bond acceptors (Lipinski definition) is 3. The number of rotatable bonds is 3. The molecule has 2 N–H and O–H groups in total. The van der Waals surface area contributed by atoms with E-state index >= 15 is 0 Å². The number of nitrogens with two attached hydrogens (primary N) is 1. The lowest BCUT2D eigenvalue weighted by Crippen LogP contribution is -2.12. The van der Waals surface area contributed by atoms with Gasteiger partial charge in [0.2, 0.25) is 0 Å². The second-order valence-corrected chi connectivity index (χ2v) is 4.52. The maximum Gasteiger partial charge on any atom is 0.122 e. The fraction of sp³-hybridized carbons (Fsp3) is 0.182. The zero-order chi connectivity index (χ0) is 12.4. The van der Waals surface area contributed by atoms with Gasteiger partial charge in [0.15, 0.2) is 0 Å². The Bertz CT molecular complexity index is 545. The highest BCUT2D eigenvalue weighted by atomic mass is 35.5. The predicted molar refractivity (Wildman–Crippen MR) is 71.2 cm³/mol. The van der Waals surface area contributed by atoms with Crippen molar-refractivity contribution in [3.63, 3.8) is 0 Å². The summed E-state index contributed by atoms with van der Waals surface area (Å²) in [6, 6.07) is 3.75. The van der Waals surface area contributed by atoms with Crippen molar-refractivity contribution in [1.29, 1.82) is 0 Å². The normalized spacial score (nSPS) is 10.5. The van der Waals surface area contributed by atoms with E-state index in [4.69, 9.17) is 29.6 Å². The quantitative estimate of drug-likeness (QED) is 0.863. The lowest BCUT2D eigenvalue weighted by molar-refractivity contribution is 0.678. The van der Waals surface area contributed by atoms with Crippen molar-refractivity contribution >= 4 is 28.8 Å². The summed E-state index contributed by atoms with van der Waals surface area (Å²) < 4.78 is 1.77. The average Bonchev–Trinajstić information content (AvgIpc) is 2.58. The van der Waals surface area contributed by atoms with Crippen LogP contribution in [-0.4, -0.2) is 19.8 Å². The minimum atomic E-state index is 0.293. The lowest BCUT2D eigenvalue weighted by Gasteiger charge is -2.03. The number of nitrogens with zero attached hydrogens (tertiary/aromatic N) is 3. The van der Waals surface area contributed by atoms with Gasteiger partial charge in [-0.3, -0.25) is 9.67 Å². The van der Waals surface area contributed by atoms with Crippen LogP contribution in [0.4, 0.5) is 0 Å². The largest absolute Gasteiger partial charge is 0.388 e. The zero-order valence-corrected chi connectivity index (χ0v) is 10.8. The molecule has 6 heteroatoms. The summed E-state index contributed by atoms with van der Waals surface area (Å²) in [6.45, 7) is 2.48. The molecule has 0 aromatic carbocycles. The van der Waals surface area contributed by atoms with E-state index in [0.29, 0.717) is 22.2 Å². The second kappa shape index (κ2) is 4.81. The SMILES string of the molecule is Cc1nn(Cc2ccnc(C(N)=S)c2)cc1Cl. The van der Waals surface area contributed by atoms with E-state index in [2.05, 4.69) is 10.1 Å². The molecule has 2 rings (SSSR count). The Labute approximate surface area is 109 Å². The van der Waals surface area contributed by atoms with Gasteiger partial charge >= 0.3 is 0 Å². The molecule has 0 amide bonds. The van der Waals surface area contributed by atoms with Crippen LogP contribution in [0.15, 0.2) is 24.5 Å². The fourth-order valence-corrected chi connectivity index (χ4v) is 1.73. The Morgan fingerprint density at radius 3 is 2.94 bits per heavy atom. The first-order chi connectivity index (χ1) is 8.06. The number of thiocarbonyl (C=S) groups is 1. The van der Waals surface area contributed by atoms with Crippen LogP contribution in [0.2, 0.25) is 5.02 Å². The minimum Gasteiger partial charge on any atom is -0.388 e. The van der Waals surface area contributed by atoms with E-state index in [1.165, 1.54) is 0 Å². The monoisotopic (exact) mass is 266 g/mol. The highest BCUT2D eigenvalue weighted by Crippen LogP contribution is 2.13. The minimum absolute atomic E-state index is 0.293. The summed E-state index contributed by atoms with van der Waals surface area (Å²) in [4.78, 5) is 4.37. The van der Waals surface area contributed by atoms with Gasteiger partial charge in [-0.25, -0.2) is 0 Å². The Hall–Kier alpha value is -1.46. The van der Waals surface area contributed by atoms with Crippen LogP contribution in [-0.2, 0) is 6.54 Å². The molecule has 2 heterocycles. The third-order valence-corrected chi connectivity index (χ3v) is 2.89. The molecule has 0 atom stereocenters. The summed E-state index contributed by atoms with van der Waals surface area (Å²) in [6.07, 6.45) is 3.47. The van der Waals surface area contributed by atoms with E-state index in [0.717, 1.165) is 11.3 Å². The van der Waals surface area contributed by atoms with Crippen molar-refractivity contribution in [2.75, 3.05) is 0 Å². The summed E-state index contributed by atoms with van der Waals surface area (Å²) in [5.41, 5.74) is 7.99. The van der Waals surface area contributed by atoms with Gasteiger partial charge in [-0.2, -0.15) is 5.10 Å². The Balaban J connectivity index is 2.24. The molecule has 0 aliphatic heterocycles. The van der Waals surface area contributed by atoms with E-state index in [1.807, 2.05) is 19.1 Å². The third kappa shape index (κ3) is 2.81. The summed E-state index contributed by atoms with van der Waals surface area (Å²) in [5, 5.41) is 4.94. The highest BCUT2D eigenvalue weighted by molar-refractivity contribution is 7.80. The van der Waals surface area contributed by atoms with Crippen LogP contribution in [0.25, 0.3) is 0 Å². The number of halogens is 1. The van der Waals surface area contributed by atoms with E-state index in [1.54, 1.807) is 17.1 Å². The van der Waals surface area contributed by atoms with Crippen LogP contribution < -0.4 is 5.73 Å². The molecule has 2 aromatic heterocycles. The van der Waals surface area contributed by atoms with Gasteiger partial charge in [-0.15, -0.1) is 0 Å². The van der Waals surface area contributed by atoms with E-state index < -0.39 is 0 Å². The van der Waals surface area contributed by atoms with Gasteiger partial charge in [0.1, 0.15) is 4.99 Å². The summed E-state index contributed by atoms with van der Waals surface area (Å²) in [5.74, 6) is 0. The molecule has 0 radical (unpaired) electrons. The zero-order valence-electron chi connectivity index (χ0n) is 9.22. The molecule has 0 fully saturated rings. The predicted octanol–water partition coefficient (Wildman–Crippen LogP) is 1.92. The molecule has 88 valence electrons. The van der Waals surface area contributed by atoms with Crippen molar-refractivity contribution < 1.29 is 0 Å². The van der Waals surface area contributed by atoms with E-state index in [-0.39, 0.29) is 0 Å². The molecule has 0 aliphatic carbocycles. The molecular formula is C11H11ClN4S. The van der Waals surface area contributed by atoms with Crippen molar-refractivity contribution in [3.05, 3.63) is 46.5 Å². The highest BCUT2D eigenvalue weighted by Gasteiger charge is 2.04. The topological polar surface area (TPSA) is 56.7 Å². The van der Waals surface area contributed by atoms with Gasteiger partial charge in [-0.1, -0.05) is 23.8 Å². The molecule has 0 saturated carbocycles. The number of hydrogen-bond donors (Lipinski definition) is 1. The Morgan fingerprint density at radius 1 is 1.59 bits per heavy atom. The first kappa shape index (κ1) is 12.0. The van der Waals surface area contributed by atoms with Gasteiger partial charge in [0, 0.05) is 12.4 Å². The van der Waals surface area contributed by atoms with E-state index in [9.17, 15) is 0 Å². The van der Waals surface area contributed by atoms with Gasteiger partial charge in [0.25, 0.3) is 0 Å². The Kier molecular flexibility index (Phi) is 3.40. The van der Waals surface area contributed by atoms with Crippen LogP contribution in [0.3, 0.4) is 0 Å². The maximum absolute atomic E-state index is 5.94. The second-order valence-electron chi connectivity index (χ2n) is 3.67. The summed E-state index contributed by atoms with van der Waals surface area (Å²) in [7, 11) is 0. The standard InChI is InChI=1S/C11H11ClN4S/c1-7-9(12)6-16(15-7)5-8-2-3-14-10(4-8)11(13)17/h2-4,6H,5H2,1H3,(H2,13,17). The van der Waals surface area contributed by atoms with Crippen molar-refractivity contribution in [1.82, 2.24) is 14.8 Å². The molecule has 0 saturated heterocycles. The third-order valence-electron chi connectivity index (χ3n) is 2.31. The van der Waals surface area contributed by atoms with Gasteiger partial charge < -0.3 is 5.73 Å². The summed E-state index contributed by atoms with van der Waals surface area (Å²) >= 11 is 10.8. The fourth-order valence-electron chi connectivity index (χ4n) is 1.47. The molecule has 17 heavy (non-hydrogen) atoms. The molecule has 0 aliphatic rings. The van der Waals surface area contributed by atoms with Crippen LogP contribution in [0.1, 0.15) is 17.0 Å². The first-order valence-corrected chi connectivity index (χ1v) is 5.79. The van der Waals surface area contributed by atoms with Crippen molar-refractivity contribution in [2.45, 2.75) is 13.5 Å². The molecule has 4 nitrogen and oxygen atoms in total. The van der Waals surface area contributed by atoms with Crippen molar-refractivity contribution in [2.24, 2.45) is 5.73 Å². The number of aryl methyl sites for hydroxylation is 1.